The third kappa shape index (κ3) is 2.27. The van der Waals surface area contributed by atoms with Gasteiger partial charge in [0.1, 0.15) is 10.7 Å². The molecule has 0 spiro atoms. The lowest BCUT2D eigenvalue weighted by Gasteiger charge is -2.01. The normalized spacial score (nSPS) is 14.9. The number of nitrogens with two attached hydrogens (primary N) is 1. The van der Waals surface area contributed by atoms with Crippen LogP contribution in [0.1, 0.15) is 42.7 Å². The van der Waals surface area contributed by atoms with E-state index in [0.717, 1.165) is 40.0 Å². The largest absolute Gasteiger partial charge is 0.389 e. The van der Waals surface area contributed by atoms with Crippen LogP contribution in [0.15, 0.2) is 24.3 Å². The van der Waals surface area contributed by atoms with E-state index in [2.05, 4.69) is 36.2 Å². The minimum Gasteiger partial charge on any atom is -0.389 e. The lowest BCUT2D eigenvalue weighted by atomic mass is 10.1. The van der Waals surface area contributed by atoms with Crippen molar-refractivity contribution in [2.24, 2.45) is 0 Å². The van der Waals surface area contributed by atoms with Gasteiger partial charge in [-0.25, -0.2) is 4.98 Å². The van der Waals surface area contributed by atoms with Gasteiger partial charge in [0, 0.05) is 5.56 Å². The minimum absolute atomic E-state index is 0.808. The van der Waals surface area contributed by atoms with Crippen LogP contribution in [0.25, 0.3) is 11.3 Å². The molecule has 0 bridgehead atoms. The van der Waals surface area contributed by atoms with Crippen molar-refractivity contribution in [2.75, 3.05) is 5.73 Å². The van der Waals surface area contributed by atoms with Crippen LogP contribution >= 0.6 is 11.3 Å². The summed E-state index contributed by atoms with van der Waals surface area (Å²) < 4.78 is 0. The van der Waals surface area contributed by atoms with Gasteiger partial charge in [0.05, 0.1) is 5.01 Å². The minimum atomic E-state index is 0.808. The summed E-state index contributed by atoms with van der Waals surface area (Å²) in [6, 6.07) is 8.78. The van der Waals surface area contributed by atoms with Gasteiger partial charge in [0.25, 0.3) is 0 Å². The molecule has 1 aromatic carbocycles. The quantitative estimate of drug-likeness (QED) is 0.891. The second kappa shape index (κ2) is 4.73. The Bertz CT molecular complexity index is 538. The number of benzene rings is 1. The number of aromatic nitrogens is 1. The van der Waals surface area contributed by atoms with Crippen molar-refractivity contribution in [3.05, 3.63) is 34.8 Å². The lowest BCUT2D eigenvalue weighted by molar-refractivity contribution is 0.910. The van der Waals surface area contributed by atoms with Gasteiger partial charge >= 0.3 is 0 Å². The summed E-state index contributed by atoms with van der Waals surface area (Å²) in [5.41, 5.74) is 9.64. The van der Waals surface area contributed by atoms with Crippen molar-refractivity contribution in [1.29, 1.82) is 0 Å². The van der Waals surface area contributed by atoms with E-state index in [1.54, 1.807) is 11.3 Å². The molecule has 1 aromatic heterocycles. The fourth-order valence-electron chi connectivity index (χ4n) is 2.24. The zero-order valence-electron chi connectivity index (χ0n) is 10.6. The van der Waals surface area contributed by atoms with Gasteiger partial charge < -0.3 is 5.73 Å². The predicted molar refractivity (Wildman–Crippen MR) is 77.9 cm³/mol. The summed E-state index contributed by atoms with van der Waals surface area (Å²) in [7, 11) is 0. The predicted octanol–water partition coefficient (Wildman–Crippen LogP) is 4.22. The number of aryl methyl sites for hydroxylation is 1. The van der Waals surface area contributed by atoms with Gasteiger partial charge in [-0.1, -0.05) is 31.2 Å². The summed E-state index contributed by atoms with van der Waals surface area (Å²) >= 11 is 1.62. The van der Waals surface area contributed by atoms with Crippen LogP contribution in [0.5, 0.6) is 0 Å². The Morgan fingerprint density at radius 3 is 2.61 bits per heavy atom. The van der Waals surface area contributed by atoms with E-state index in [1.807, 2.05) is 0 Å². The van der Waals surface area contributed by atoms with Crippen LogP contribution in [0.2, 0.25) is 0 Å². The molecule has 1 aliphatic rings. The lowest BCUT2D eigenvalue weighted by Crippen LogP contribution is -1.87. The Balaban J connectivity index is 1.88. The van der Waals surface area contributed by atoms with E-state index in [9.17, 15) is 0 Å². The van der Waals surface area contributed by atoms with Gasteiger partial charge in [-0.3, -0.25) is 0 Å². The molecule has 1 saturated carbocycles. The fraction of sp³-hybridized carbons (Fsp3) is 0.400. The molecule has 0 amide bonds. The third-order valence-corrected chi connectivity index (χ3v) is 4.34. The highest BCUT2D eigenvalue weighted by molar-refractivity contribution is 7.16. The van der Waals surface area contributed by atoms with Gasteiger partial charge in [0.15, 0.2) is 0 Å². The Morgan fingerprint density at radius 2 is 2.00 bits per heavy atom. The average Bonchev–Trinajstić information content (AvgIpc) is 3.15. The van der Waals surface area contributed by atoms with Gasteiger partial charge in [0.2, 0.25) is 0 Å². The van der Waals surface area contributed by atoms with Crippen molar-refractivity contribution < 1.29 is 0 Å². The van der Waals surface area contributed by atoms with Crippen LogP contribution < -0.4 is 5.73 Å². The molecule has 3 rings (SSSR count). The van der Waals surface area contributed by atoms with Crippen LogP contribution in [0.3, 0.4) is 0 Å². The number of hydrogen-bond acceptors (Lipinski definition) is 3. The monoisotopic (exact) mass is 258 g/mol. The first-order valence-corrected chi connectivity index (χ1v) is 7.45. The van der Waals surface area contributed by atoms with E-state index in [4.69, 9.17) is 5.73 Å². The van der Waals surface area contributed by atoms with E-state index < -0.39 is 0 Å². The second-order valence-electron chi connectivity index (χ2n) is 4.97. The van der Waals surface area contributed by atoms with Crippen LogP contribution in [0, 0.1) is 0 Å². The van der Waals surface area contributed by atoms with Crippen LogP contribution in [0.4, 0.5) is 5.00 Å². The van der Waals surface area contributed by atoms with Crippen molar-refractivity contribution in [3.8, 4) is 11.3 Å². The summed E-state index contributed by atoms with van der Waals surface area (Å²) in [5.74, 6) is 0.808. The molecule has 3 heteroatoms. The highest BCUT2D eigenvalue weighted by atomic mass is 32.1. The standard InChI is InChI=1S/C15H18N2S/c1-2-3-13-17-14(15(16)18-13)12-8-6-11(7-9-12)10-4-5-10/h6-10H,2-5,16H2,1H3. The van der Waals surface area contributed by atoms with E-state index in [-0.39, 0.29) is 0 Å². The average molecular weight is 258 g/mol. The number of rotatable bonds is 4. The Morgan fingerprint density at radius 1 is 1.28 bits per heavy atom. The highest BCUT2D eigenvalue weighted by Crippen LogP contribution is 2.41. The van der Waals surface area contributed by atoms with E-state index in [1.165, 1.54) is 18.4 Å². The molecule has 2 aromatic rings. The Labute approximate surface area is 112 Å². The van der Waals surface area contributed by atoms with E-state index >= 15 is 0 Å². The first kappa shape index (κ1) is 11.7. The molecule has 0 unspecified atom stereocenters. The van der Waals surface area contributed by atoms with Gasteiger partial charge in [-0.2, -0.15) is 0 Å². The van der Waals surface area contributed by atoms with Crippen molar-refractivity contribution in [1.82, 2.24) is 4.98 Å². The van der Waals surface area contributed by atoms with Gasteiger partial charge in [-0.15, -0.1) is 11.3 Å². The molecule has 0 radical (unpaired) electrons. The smallest absolute Gasteiger partial charge is 0.114 e. The summed E-state index contributed by atoms with van der Waals surface area (Å²) in [4.78, 5) is 4.65. The van der Waals surface area contributed by atoms with Crippen LogP contribution in [-0.4, -0.2) is 4.98 Å². The molecule has 1 aliphatic carbocycles. The summed E-state index contributed by atoms with van der Waals surface area (Å²) in [6.07, 6.45) is 4.83. The maximum absolute atomic E-state index is 6.07. The van der Waals surface area contributed by atoms with E-state index in [0.29, 0.717) is 0 Å². The third-order valence-electron chi connectivity index (χ3n) is 3.39. The number of nitrogens with zero attached hydrogens (tertiary/aromatic N) is 1. The molecule has 1 heterocycles. The topological polar surface area (TPSA) is 38.9 Å². The molecule has 2 nitrogen and oxygen atoms in total. The number of hydrogen-bond donors (Lipinski definition) is 1. The molecular formula is C15H18N2S. The number of nitrogen functional groups attached to an aromatic ring is 1. The maximum atomic E-state index is 6.07. The van der Waals surface area contributed by atoms with Crippen molar-refractivity contribution in [3.63, 3.8) is 0 Å². The number of thiazole rings is 1. The SMILES string of the molecule is CCCc1nc(-c2ccc(C3CC3)cc2)c(N)s1. The van der Waals surface area contributed by atoms with Crippen molar-refractivity contribution >= 4 is 16.3 Å². The molecule has 2 N–H and O–H groups in total. The summed E-state index contributed by atoms with van der Waals surface area (Å²) in [6.45, 7) is 2.17. The summed E-state index contributed by atoms with van der Waals surface area (Å²) in [5, 5.41) is 1.99. The Hall–Kier alpha value is -1.35. The van der Waals surface area contributed by atoms with Crippen LogP contribution in [-0.2, 0) is 6.42 Å². The highest BCUT2D eigenvalue weighted by Gasteiger charge is 2.23. The fourth-order valence-corrected chi connectivity index (χ4v) is 3.19. The van der Waals surface area contributed by atoms with Crippen molar-refractivity contribution in [2.45, 2.75) is 38.5 Å². The molecule has 18 heavy (non-hydrogen) atoms. The molecule has 0 saturated heterocycles. The first-order valence-electron chi connectivity index (χ1n) is 6.63. The molecule has 1 fully saturated rings. The molecule has 0 aliphatic heterocycles. The molecular weight excluding hydrogens is 240 g/mol. The van der Waals surface area contributed by atoms with Gasteiger partial charge in [-0.05, 0) is 37.2 Å². The zero-order chi connectivity index (χ0) is 12.5. The molecule has 94 valence electrons. The maximum Gasteiger partial charge on any atom is 0.114 e. The Kier molecular flexibility index (Phi) is 3.08. The number of anilines is 1. The molecule has 0 atom stereocenters. The first-order chi connectivity index (χ1) is 8.78. The zero-order valence-corrected chi connectivity index (χ0v) is 11.5. The second-order valence-corrected chi connectivity index (χ2v) is 6.08.